The molecule has 0 radical (unpaired) electrons. The van der Waals surface area contributed by atoms with Crippen LogP contribution in [0.4, 0.5) is 21.7 Å². The predicted octanol–water partition coefficient (Wildman–Crippen LogP) is 4.36. The number of carbonyl (C=O) groups excluding carboxylic acids is 1. The van der Waals surface area contributed by atoms with Crippen LogP contribution in [-0.4, -0.2) is 32.9 Å². The second-order valence-corrected chi connectivity index (χ2v) is 8.74. The number of anilines is 3. The van der Waals surface area contributed by atoms with Crippen LogP contribution in [0.25, 0.3) is 22.2 Å². The van der Waals surface area contributed by atoms with Crippen molar-refractivity contribution >= 4 is 34.1 Å². The molecule has 1 aliphatic rings. The van der Waals surface area contributed by atoms with Gasteiger partial charge in [0.15, 0.2) is 11.6 Å². The van der Waals surface area contributed by atoms with Gasteiger partial charge in [-0.1, -0.05) is 31.0 Å². The molecule has 4 aromatic rings. The fourth-order valence-electron chi connectivity index (χ4n) is 4.42. The second-order valence-electron chi connectivity index (χ2n) is 8.74. The van der Waals surface area contributed by atoms with Crippen molar-refractivity contribution in [3.05, 3.63) is 72.3 Å². The Balaban J connectivity index is 1.46. The summed E-state index contributed by atoms with van der Waals surface area (Å²) in [5.41, 5.74) is 14.8. The normalized spacial score (nSPS) is 17.8. The number of primary amides is 1. The molecule has 5 rings (SSSR count). The van der Waals surface area contributed by atoms with Gasteiger partial charge < -0.3 is 22.1 Å². The highest BCUT2D eigenvalue weighted by molar-refractivity contribution is 5.98. The first-order valence-corrected chi connectivity index (χ1v) is 11.6. The minimum absolute atomic E-state index is 0.0368. The zero-order valence-corrected chi connectivity index (χ0v) is 19.0. The fraction of sp³-hybridized carbons (Fsp3) is 0.231. The lowest BCUT2D eigenvalue weighted by Crippen LogP contribution is -2.43. The van der Waals surface area contributed by atoms with Crippen molar-refractivity contribution in [3.63, 3.8) is 0 Å². The van der Waals surface area contributed by atoms with Crippen molar-refractivity contribution < 1.29 is 9.18 Å². The molecular weight excluding hydrogens is 445 g/mol. The number of hydrogen-bond acceptors (Lipinski definition) is 7. The number of carbonyl (C=O) groups is 1. The molecule has 1 aliphatic carbocycles. The number of nitrogens with zero attached hydrogens (tertiary/aromatic N) is 3. The highest BCUT2D eigenvalue weighted by Gasteiger charge is 2.24. The third kappa shape index (κ3) is 4.90. The molecule has 1 aromatic carbocycles. The molecule has 6 N–H and O–H groups in total. The van der Waals surface area contributed by atoms with Crippen LogP contribution in [0.15, 0.2) is 60.9 Å². The molecule has 35 heavy (non-hydrogen) atoms. The van der Waals surface area contributed by atoms with E-state index in [1.165, 1.54) is 0 Å². The van der Waals surface area contributed by atoms with E-state index >= 15 is 0 Å². The van der Waals surface area contributed by atoms with Crippen LogP contribution in [-0.2, 0) is 0 Å². The lowest BCUT2D eigenvalue weighted by Gasteiger charge is -2.30. The van der Waals surface area contributed by atoms with Gasteiger partial charge in [0.05, 0.1) is 16.8 Å². The molecule has 178 valence electrons. The number of pyridine rings is 3. The van der Waals surface area contributed by atoms with Gasteiger partial charge in [-0.3, -0.25) is 14.8 Å². The second kappa shape index (κ2) is 9.63. The first kappa shape index (κ1) is 22.7. The average molecular weight is 472 g/mol. The number of nitrogens with one attached hydrogen (secondary N) is 2. The van der Waals surface area contributed by atoms with E-state index in [0.29, 0.717) is 11.4 Å². The monoisotopic (exact) mass is 471 g/mol. The number of amides is 1. The van der Waals surface area contributed by atoms with E-state index in [2.05, 4.69) is 25.6 Å². The van der Waals surface area contributed by atoms with Crippen LogP contribution in [0.3, 0.4) is 0 Å². The molecule has 0 bridgehead atoms. The minimum Gasteiger partial charge on any atom is -0.365 e. The Labute approximate surface area is 202 Å². The molecular formula is C26H26FN7O. The number of benzene rings is 1. The number of rotatable bonds is 6. The average Bonchev–Trinajstić information content (AvgIpc) is 2.87. The highest BCUT2D eigenvalue weighted by Crippen LogP contribution is 2.29. The van der Waals surface area contributed by atoms with Crippen LogP contribution in [0.5, 0.6) is 0 Å². The van der Waals surface area contributed by atoms with Gasteiger partial charge in [-0.2, -0.15) is 0 Å². The molecule has 1 amide bonds. The van der Waals surface area contributed by atoms with Crippen molar-refractivity contribution in [3.8, 4) is 11.3 Å². The van der Waals surface area contributed by atoms with Crippen LogP contribution < -0.4 is 22.1 Å². The first-order chi connectivity index (χ1) is 17.0. The summed E-state index contributed by atoms with van der Waals surface area (Å²) < 4.78 is 14.8. The molecule has 8 nitrogen and oxygen atoms in total. The Morgan fingerprint density at radius 2 is 1.86 bits per heavy atom. The maximum Gasteiger partial charge on any atom is 0.252 e. The molecule has 3 heterocycles. The molecule has 1 saturated carbocycles. The van der Waals surface area contributed by atoms with E-state index < -0.39 is 11.7 Å². The van der Waals surface area contributed by atoms with Crippen LogP contribution in [0.2, 0.25) is 0 Å². The third-order valence-electron chi connectivity index (χ3n) is 6.31. The Morgan fingerprint density at radius 3 is 2.69 bits per heavy atom. The largest absolute Gasteiger partial charge is 0.365 e. The zero-order valence-electron chi connectivity index (χ0n) is 19.0. The molecule has 0 unspecified atom stereocenters. The van der Waals surface area contributed by atoms with Gasteiger partial charge in [-0.15, -0.1) is 0 Å². The first-order valence-electron chi connectivity index (χ1n) is 11.6. The quantitative estimate of drug-likeness (QED) is 0.329. The van der Waals surface area contributed by atoms with Crippen molar-refractivity contribution in [2.45, 2.75) is 37.8 Å². The summed E-state index contributed by atoms with van der Waals surface area (Å²) >= 11 is 0. The number of aromatic nitrogens is 3. The summed E-state index contributed by atoms with van der Waals surface area (Å²) in [5.74, 6) is -1.24. The Hall–Kier alpha value is -4.11. The van der Waals surface area contributed by atoms with E-state index in [1.807, 2.05) is 36.4 Å². The fourth-order valence-corrected chi connectivity index (χ4v) is 4.42. The van der Waals surface area contributed by atoms with Gasteiger partial charge in [0.1, 0.15) is 5.82 Å². The predicted molar refractivity (Wildman–Crippen MR) is 135 cm³/mol. The van der Waals surface area contributed by atoms with E-state index in [-0.39, 0.29) is 29.3 Å². The number of nitrogens with two attached hydrogens (primary N) is 2. The van der Waals surface area contributed by atoms with Gasteiger partial charge >= 0.3 is 0 Å². The summed E-state index contributed by atoms with van der Waals surface area (Å²) in [6.07, 6.45) is 7.16. The molecule has 1 fully saturated rings. The summed E-state index contributed by atoms with van der Waals surface area (Å²) in [7, 11) is 0. The number of hydrogen-bond donors (Lipinski definition) is 4. The zero-order chi connectivity index (χ0) is 24.4. The van der Waals surface area contributed by atoms with E-state index in [0.717, 1.165) is 48.2 Å². The van der Waals surface area contributed by atoms with Crippen LogP contribution >= 0.6 is 0 Å². The van der Waals surface area contributed by atoms with Crippen molar-refractivity contribution in [1.82, 2.24) is 15.0 Å². The summed E-state index contributed by atoms with van der Waals surface area (Å²) in [6, 6.07) is 14.3. The lowest BCUT2D eigenvalue weighted by atomic mass is 9.91. The summed E-state index contributed by atoms with van der Waals surface area (Å²) in [5, 5.41) is 7.27. The van der Waals surface area contributed by atoms with E-state index in [9.17, 15) is 9.18 Å². The van der Waals surface area contributed by atoms with Gasteiger partial charge in [-0.05, 0) is 43.2 Å². The Kier molecular flexibility index (Phi) is 6.24. The van der Waals surface area contributed by atoms with Gasteiger partial charge in [-0.25, -0.2) is 9.37 Å². The van der Waals surface area contributed by atoms with Crippen molar-refractivity contribution in [1.29, 1.82) is 0 Å². The van der Waals surface area contributed by atoms with Crippen molar-refractivity contribution in [2.24, 2.45) is 11.5 Å². The standard InChI is InChI=1S/C26H26FN7O/c27-19-14-18(24(29)35)25(34-26(19)33-21-6-2-1-5-20(21)28)32-17-9-11-31-23(13-17)16-8-7-15-4-3-10-30-22(15)12-16/h3-4,7-14,20-21H,1-2,5-6,28H2,(H2,29,35)(H2,31,32,33,34)/t20-,21+/m1/s1. The Morgan fingerprint density at radius 1 is 1.00 bits per heavy atom. The topological polar surface area (TPSA) is 132 Å². The maximum absolute atomic E-state index is 14.8. The van der Waals surface area contributed by atoms with E-state index in [1.54, 1.807) is 18.5 Å². The summed E-state index contributed by atoms with van der Waals surface area (Å²) in [6.45, 7) is 0. The smallest absolute Gasteiger partial charge is 0.252 e. The number of halogens is 1. The van der Waals surface area contributed by atoms with Crippen LogP contribution in [0, 0.1) is 5.82 Å². The Bertz CT molecular complexity index is 1390. The molecule has 0 aliphatic heterocycles. The highest BCUT2D eigenvalue weighted by atomic mass is 19.1. The SMILES string of the molecule is NC(=O)c1cc(F)c(N[C@H]2CCCC[C@H]2N)nc1Nc1ccnc(-c2ccc3cccnc3c2)c1. The lowest BCUT2D eigenvalue weighted by molar-refractivity contribution is 0.100. The molecule has 0 spiro atoms. The van der Waals surface area contributed by atoms with Gasteiger partial charge in [0, 0.05) is 41.1 Å². The van der Waals surface area contributed by atoms with Crippen molar-refractivity contribution in [2.75, 3.05) is 10.6 Å². The van der Waals surface area contributed by atoms with E-state index in [4.69, 9.17) is 11.5 Å². The molecule has 2 atom stereocenters. The number of fused-ring (bicyclic) bond motifs is 1. The van der Waals surface area contributed by atoms with Gasteiger partial charge in [0.2, 0.25) is 0 Å². The van der Waals surface area contributed by atoms with Crippen LogP contribution in [0.1, 0.15) is 36.0 Å². The minimum atomic E-state index is -0.783. The van der Waals surface area contributed by atoms with Gasteiger partial charge in [0.25, 0.3) is 5.91 Å². The third-order valence-corrected chi connectivity index (χ3v) is 6.31. The molecule has 3 aromatic heterocycles. The molecule has 0 saturated heterocycles. The summed E-state index contributed by atoms with van der Waals surface area (Å²) in [4.78, 5) is 25.3. The maximum atomic E-state index is 14.8. The molecule has 9 heteroatoms.